The van der Waals surface area contributed by atoms with Gasteiger partial charge in [0.2, 0.25) is 0 Å². The SMILES string of the molecule is CC(C)CCCC(C)NC(N)=NCCn1c(=O)[nH]c2ccccc21.I. The third-order valence-corrected chi connectivity index (χ3v) is 4.10. The van der Waals surface area contributed by atoms with Gasteiger partial charge in [-0.2, -0.15) is 0 Å². The quantitative estimate of drug-likeness (QED) is 0.322. The van der Waals surface area contributed by atoms with Crippen LogP contribution >= 0.6 is 24.0 Å². The number of para-hydroxylation sites is 2. The summed E-state index contributed by atoms with van der Waals surface area (Å²) in [7, 11) is 0. The lowest BCUT2D eigenvalue weighted by molar-refractivity contribution is 0.493. The van der Waals surface area contributed by atoms with Gasteiger partial charge in [-0.05, 0) is 31.4 Å². The van der Waals surface area contributed by atoms with Crippen molar-refractivity contribution in [3.05, 3.63) is 34.7 Å². The Bertz CT molecular complexity index is 734. The fourth-order valence-electron chi connectivity index (χ4n) is 2.80. The second-order valence-corrected chi connectivity index (χ2v) is 6.74. The molecule has 1 aromatic heterocycles. The number of guanidine groups is 1. The van der Waals surface area contributed by atoms with E-state index in [4.69, 9.17) is 5.73 Å². The summed E-state index contributed by atoms with van der Waals surface area (Å²) in [5.74, 6) is 1.18. The normalized spacial score (nSPS) is 13.0. The highest BCUT2D eigenvalue weighted by Crippen LogP contribution is 2.09. The minimum Gasteiger partial charge on any atom is -0.370 e. The van der Waals surface area contributed by atoms with Gasteiger partial charge in [-0.15, -0.1) is 24.0 Å². The van der Waals surface area contributed by atoms with Crippen molar-refractivity contribution >= 4 is 41.0 Å². The van der Waals surface area contributed by atoms with E-state index in [0.29, 0.717) is 25.1 Å². The van der Waals surface area contributed by atoms with E-state index in [1.54, 1.807) is 4.57 Å². The van der Waals surface area contributed by atoms with Crippen LogP contribution in [0, 0.1) is 5.92 Å². The molecule has 0 saturated carbocycles. The van der Waals surface area contributed by atoms with Crippen LogP contribution in [-0.4, -0.2) is 28.1 Å². The molecule has 1 atom stereocenters. The number of aliphatic imine (C=N–C) groups is 1. The molecule has 0 radical (unpaired) electrons. The van der Waals surface area contributed by atoms with E-state index in [9.17, 15) is 4.79 Å². The minimum atomic E-state index is -0.111. The van der Waals surface area contributed by atoms with E-state index >= 15 is 0 Å². The number of rotatable bonds is 8. The van der Waals surface area contributed by atoms with E-state index in [1.165, 1.54) is 12.8 Å². The fourth-order valence-corrected chi connectivity index (χ4v) is 2.80. The molecule has 0 aliphatic heterocycles. The van der Waals surface area contributed by atoms with Gasteiger partial charge in [-0.1, -0.05) is 38.8 Å². The summed E-state index contributed by atoms with van der Waals surface area (Å²) in [4.78, 5) is 19.2. The largest absolute Gasteiger partial charge is 0.370 e. The highest BCUT2D eigenvalue weighted by molar-refractivity contribution is 14.0. The molecular weight excluding hydrogens is 429 g/mol. The second kappa shape index (κ2) is 10.5. The van der Waals surface area contributed by atoms with Crippen molar-refractivity contribution in [1.29, 1.82) is 0 Å². The Morgan fingerprint density at radius 1 is 1.28 bits per heavy atom. The average Bonchev–Trinajstić information content (AvgIpc) is 2.83. The summed E-state index contributed by atoms with van der Waals surface area (Å²) in [5, 5.41) is 3.22. The topological polar surface area (TPSA) is 88.2 Å². The van der Waals surface area contributed by atoms with Crippen LogP contribution in [0.15, 0.2) is 34.1 Å². The molecule has 140 valence electrons. The van der Waals surface area contributed by atoms with Gasteiger partial charge in [-0.3, -0.25) is 9.56 Å². The third kappa shape index (κ3) is 6.72. The van der Waals surface area contributed by atoms with Crippen LogP contribution in [0.25, 0.3) is 11.0 Å². The molecule has 2 aromatic rings. The Balaban J connectivity index is 0.00000312. The van der Waals surface area contributed by atoms with Crippen molar-refractivity contribution in [3.63, 3.8) is 0 Å². The zero-order chi connectivity index (χ0) is 17.5. The number of halogens is 1. The lowest BCUT2D eigenvalue weighted by Gasteiger charge is -2.15. The number of nitrogens with one attached hydrogen (secondary N) is 2. The van der Waals surface area contributed by atoms with Gasteiger partial charge in [0.1, 0.15) is 0 Å². The first-order valence-electron chi connectivity index (χ1n) is 8.71. The Morgan fingerprint density at radius 3 is 2.72 bits per heavy atom. The van der Waals surface area contributed by atoms with Gasteiger partial charge in [0.05, 0.1) is 17.6 Å². The highest BCUT2D eigenvalue weighted by Gasteiger charge is 2.06. The van der Waals surface area contributed by atoms with E-state index < -0.39 is 0 Å². The number of hydrogen-bond acceptors (Lipinski definition) is 2. The Morgan fingerprint density at radius 2 is 2.00 bits per heavy atom. The van der Waals surface area contributed by atoms with Crippen molar-refractivity contribution in [2.75, 3.05) is 6.54 Å². The number of hydrogen-bond donors (Lipinski definition) is 3. The summed E-state index contributed by atoms with van der Waals surface area (Å²) in [6.07, 6.45) is 3.49. The molecule has 6 nitrogen and oxygen atoms in total. The molecule has 0 fully saturated rings. The zero-order valence-corrected chi connectivity index (χ0v) is 17.6. The molecule has 1 unspecified atom stereocenters. The van der Waals surface area contributed by atoms with E-state index in [1.807, 2.05) is 24.3 Å². The van der Waals surface area contributed by atoms with Crippen LogP contribution < -0.4 is 16.7 Å². The molecule has 0 spiro atoms. The van der Waals surface area contributed by atoms with Crippen molar-refractivity contribution in [1.82, 2.24) is 14.9 Å². The molecule has 0 bridgehead atoms. The van der Waals surface area contributed by atoms with Crippen LogP contribution in [-0.2, 0) is 6.54 Å². The second-order valence-electron chi connectivity index (χ2n) is 6.74. The first-order valence-corrected chi connectivity index (χ1v) is 8.71. The lowest BCUT2D eigenvalue weighted by Crippen LogP contribution is -2.38. The Hall–Kier alpha value is -1.51. The zero-order valence-electron chi connectivity index (χ0n) is 15.3. The minimum absolute atomic E-state index is 0. The van der Waals surface area contributed by atoms with Crippen molar-refractivity contribution in [3.8, 4) is 0 Å². The van der Waals surface area contributed by atoms with E-state index in [0.717, 1.165) is 23.4 Å². The van der Waals surface area contributed by atoms with Crippen LogP contribution in [0.1, 0.15) is 40.0 Å². The fraction of sp³-hybridized carbons (Fsp3) is 0.556. The number of aromatic nitrogens is 2. The van der Waals surface area contributed by atoms with Gasteiger partial charge in [0.25, 0.3) is 0 Å². The maximum Gasteiger partial charge on any atom is 0.326 e. The van der Waals surface area contributed by atoms with Gasteiger partial charge in [0, 0.05) is 12.6 Å². The molecular formula is C18H30IN5O. The molecule has 0 aliphatic carbocycles. The number of nitrogens with zero attached hydrogens (tertiary/aromatic N) is 2. The standard InChI is InChI=1S/C18H29N5O.HI/c1-13(2)7-6-8-14(3)21-17(19)20-11-12-23-16-10-5-4-9-15(16)22-18(23)24;/h4-5,9-10,13-14H,6-8,11-12H2,1-3H3,(H,22,24)(H3,19,20,21);1H. The van der Waals surface area contributed by atoms with Crippen molar-refractivity contribution in [2.45, 2.75) is 52.6 Å². The number of imidazole rings is 1. The molecule has 1 heterocycles. The first-order chi connectivity index (χ1) is 11.5. The summed E-state index contributed by atoms with van der Waals surface area (Å²) in [5.41, 5.74) is 7.57. The van der Waals surface area contributed by atoms with Crippen LogP contribution in [0.2, 0.25) is 0 Å². The van der Waals surface area contributed by atoms with E-state index in [2.05, 4.69) is 36.1 Å². The summed E-state index contributed by atoms with van der Waals surface area (Å²) >= 11 is 0. The number of aromatic amines is 1. The van der Waals surface area contributed by atoms with Gasteiger partial charge in [-0.25, -0.2) is 4.79 Å². The maximum absolute atomic E-state index is 12.0. The molecule has 0 aliphatic rings. The number of fused-ring (bicyclic) bond motifs is 1. The highest BCUT2D eigenvalue weighted by atomic mass is 127. The molecule has 4 N–H and O–H groups in total. The molecule has 0 amide bonds. The number of H-pyrrole nitrogens is 1. The summed E-state index contributed by atoms with van der Waals surface area (Å²) in [6.45, 7) is 7.57. The molecule has 0 saturated heterocycles. The lowest BCUT2D eigenvalue weighted by atomic mass is 10.0. The molecule has 7 heteroatoms. The summed E-state index contributed by atoms with van der Waals surface area (Å²) in [6, 6.07) is 7.96. The Kier molecular flexibility index (Phi) is 9.02. The smallest absolute Gasteiger partial charge is 0.326 e. The van der Waals surface area contributed by atoms with Crippen LogP contribution in [0.5, 0.6) is 0 Å². The molecule has 25 heavy (non-hydrogen) atoms. The predicted octanol–water partition coefficient (Wildman–Crippen LogP) is 3.07. The van der Waals surface area contributed by atoms with Gasteiger partial charge < -0.3 is 16.0 Å². The van der Waals surface area contributed by atoms with Crippen LogP contribution in [0.3, 0.4) is 0 Å². The Labute approximate surface area is 166 Å². The number of nitrogens with two attached hydrogens (primary N) is 1. The average molecular weight is 459 g/mol. The van der Waals surface area contributed by atoms with Crippen LogP contribution in [0.4, 0.5) is 0 Å². The van der Waals surface area contributed by atoms with Crippen molar-refractivity contribution < 1.29 is 0 Å². The third-order valence-electron chi connectivity index (χ3n) is 4.10. The molecule has 1 aromatic carbocycles. The predicted molar refractivity (Wildman–Crippen MR) is 116 cm³/mol. The van der Waals surface area contributed by atoms with Crippen molar-refractivity contribution in [2.24, 2.45) is 16.6 Å². The maximum atomic E-state index is 12.0. The van der Waals surface area contributed by atoms with Gasteiger partial charge in [0.15, 0.2) is 5.96 Å². The first kappa shape index (κ1) is 21.5. The number of benzene rings is 1. The molecule has 2 rings (SSSR count). The summed E-state index contributed by atoms with van der Waals surface area (Å²) < 4.78 is 1.69. The van der Waals surface area contributed by atoms with Gasteiger partial charge >= 0.3 is 5.69 Å². The monoisotopic (exact) mass is 459 g/mol. The van der Waals surface area contributed by atoms with E-state index in [-0.39, 0.29) is 29.7 Å².